The number of rotatable bonds is 14. The van der Waals surface area contributed by atoms with Crippen molar-refractivity contribution in [3.8, 4) is 11.3 Å². The molecule has 0 aliphatic rings. The number of nitrogens with one attached hydrogen (secondary N) is 2. The van der Waals surface area contributed by atoms with Crippen LogP contribution in [0.1, 0.15) is 41.9 Å². The molecule has 0 spiro atoms. The number of azo groups is 1. The zero-order valence-electron chi connectivity index (χ0n) is 22.6. The van der Waals surface area contributed by atoms with Gasteiger partial charge in [-0.25, -0.2) is 18.2 Å². The first-order chi connectivity index (χ1) is 19.9. The first-order valence-corrected chi connectivity index (χ1v) is 15.4. The normalized spacial score (nSPS) is 12.3. The largest absolute Gasteiger partial charge is 1.00 e. The summed E-state index contributed by atoms with van der Waals surface area (Å²) in [4.78, 5) is 39.0. The molecule has 17 nitrogen and oxygen atoms in total. The van der Waals surface area contributed by atoms with E-state index in [1.54, 1.807) is 25.1 Å². The fourth-order valence-electron chi connectivity index (χ4n) is 3.50. The molecule has 0 aliphatic heterocycles. The summed E-state index contributed by atoms with van der Waals surface area (Å²) in [5, 5.41) is 44.8. The number of hydrogen-bond donors (Lipinski definition) is 4. The number of fused-ring (bicyclic) bond motifs is 1. The van der Waals surface area contributed by atoms with Gasteiger partial charge in [-0.3, -0.25) is 14.7 Å². The van der Waals surface area contributed by atoms with Crippen molar-refractivity contribution in [1.29, 1.82) is 0 Å². The van der Waals surface area contributed by atoms with Gasteiger partial charge < -0.3 is 20.1 Å². The van der Waals surface area contributed by atoms with Crippen molar-refractivity contribution >= 4 is 67.5 Å². The molecule has 222 valence electrons. The molecule has 43 heavy (non-hydrogen) atoms. The van der Waals surface area contributed by atoms with Gasteiger partial charge in [0.2, 0.25) is 11.6 Å². The number of carboxylic acids is 2. The average molecular weight is 660 g/mol. The Morgan fingerprint density at radius 3 is 2.63 bits per heavy atom. The van der Waals surface area contributed by atoms with Crippen LogP contribution in [0, 0.1) is 0 Å². The van der Waals surface area contributed by atoms with Gasteiger partial charge in [-0.2, -0.15) is 4.63 Å². The Hall–Kier alpha value is -3.27. The van der Waals surface area contributed by atoms with Gasteiger partial charge in [0.25, 0.3) is 5.13 Å². The molecule has 1 amide bonds. The molecule has 4 N–H and O–H groups in total. The van der Waals surface area contributed by atoms with Gasteiger partial charge in [0.1, 0.15) is 0 Å². The zero-order valence-corrected chi connectivity index (χ0v) is 27.1. The minimum absolute atomic E-state index is 0. The van der Waals surface area contributed by atoms with Gasteiger partial charge in [0, 0.05) is 36.0 Å². The van der Waals surface area contributed by atoms with E-state index < -0.39 is 33.7 Å². The van der Waals surface area contributed by atoms with Crippen molar-refractivity contribution in [2.24, 2.45) is 10.2 Å². The van der Waals surface area contributed by atoms with Crippen LogP contribution in [0.3, 0.4) is 0 Å². The fraction of sp³-hybridized carbons (Fsp3) is 0.318. The third kappa shape index (κ3) is 9.36. The van der Waals surface area contributed by atoms with Crippen LogP contribution in [0.5, 0.6) is 0 Å². The van der Waals surface area contributed by atoms with Crippen LogP contribution < -0.4 is 34.9 Å². The Balaban J connectivity index is 0.00000506. The SMILES string of the molecule is CC(CNC(=O)CCC(=O)O)c1nc2c(N=Nc3nnc(SCCS(=O)(=O)[O-])s3)c(-c3ccccc3C(=O)O)[nH]n2n1.[Na+]. The smallest absolute Gasteiger partial charge is 0.748 e. The van der Waals surface area contributed by atoms with Crippen LogP contribution in [-0.4, -0.2) is 89.1 Å². The molecule has 0 radical (unpaired) electrons. The molecule has 0 saturated heterocycles. The number of nitrogens with zero attached hydrogens (tertiary/aromatic N) is 7. The molecular formula is C22H22N9NaO8S3. The van der Waals surface area contributed by atoms with Crippen LogP contribution >= 0.6 is 23.1 Å². The second-order valence-electron chi connectivity index (χ2n) is 8.65. The molecule has 4 rings (SSSR count). The number of carboxylic acid groups (broad SMARTS) is 2. The quantitative estimate of drug-likeness (QED) is 0.0572. The molecule has 1 aromatic carbocycles. The fourth-order valence-corrected chi connectivity index (χ4v) is 6.03. The maximum atomic E-state index is 11.9. The summed E-state index contributed by atoms with van der Waals surface area (Å²) in [7, 11) is -4.37. The van der Waals surface area contributed by atoms with E-state index in [9.17, 15) is 32.5 Å². The summed E-state index contributed by atoms with van der Waals surface area (Å²) in [6, 6.07) is 6.22. The topological polar surface area (TPSA) is 257 Å². The Kier molecular flexibility index (Phi) is 11.9. The Labute approximate surface area is 273 Å². The van der Waals surface area contributed by atoms with Gasteiger partial charge >= 0.3 is 41.5 Å². The second kappa shape index (κ2) is 14.9. The van der Waals surface area contributed by atoms with Crippen LogP contribution in [0.2, 0.25) is 0 Å². The Morgan fingerprint density at radius 1 is 1.19 bits per heavy atom. The molecule has 1 unspecified atom stereocenters. The third-order valence-corrected chi connectivity index (χ3v) is 8.42. The number of aromatic nitrogens is 6. The number of aromatic carboxylic acids is 1. The number of carbonyl (C=O) groups is 3. The number of aromatic amines is 1. The third-order valence-electron chi connectivity index (χ3n) is 5.52. The van der Waals surface area contributed by atoms with E-state index in [2.05, 4.69) is 40.9 Å². The van der Waals surface area contributed by atoms with E-state index >= 15 is 0 Å². The molecule has 0 saturated carbocycles. The van der Waals surface area contributed by atoms with Gasteiger partial charge in [0.15, 0.2) is 15.9 Å². The summed E-state index contributed by atoms with van der Waals surface area (Å²) in [5.74, 6) is -3.32. The molecule has 4 aromatic rings. The van der Waals surface area contributed by atoms with Crippen molar-refractivity contribution < 1.29 is 67.1 Å². The summed E-state index contributed by atoms with van der Waals surface area (Å²) in [6.07, 6.45) is -0.461. The molecule has 3 aromatic heterocycles. The van der Waals surface area contributed by atoms with Crippen molar-refractivity contribution in [3.63, 3.8) is 0 Å². The molecule has 1 atom stereocenters. The van der Waals surface area contributed by atoms with Crippen molar-refractivity contribution in [2.75, 3.05) is 18.1 Å². The number of H-pyrrole nitrogens is 1. The first-order valence-electron chi connectivity index (χ1n) is 12.0. The predicted molar refractivity (Wildman–Crippen MR) is 147 cm³/mol. The minimum atomic E-state index is -4.37. The predicted octanol–water partition coefficient (Wildman–Crippen LogP) is -0.585. The zero-order chi connectivity index (χ0) is 30.4. The average Bonchev–Trinajstić information content (AvgIpc) is 3.63. The van der Waals surface area contributed by atoms with E-state index in [4.69, 9.17) is 5.11 Å². The minimum Gasteiger partial charge on any atom is -0.748 e. The molecule has 0 aliphatic carbocycles. The second-order valence-corrected chi connectivity index (χ2v) is 12.5. The number of amides is 1. The van der Waals surface area contributed by atoms with Gasteiger partial charge in [-0.1, -0.05) is 48.2 Å². The van der Waals surface area contributed by atoms with Crippen molar-refractivity contribution in [1.82, 2.24) is 35.3 Å². The van der Waals surface area contributed by atoms with Gasteiger partial charge in [0.05, 0.1) is 27.8 Å². The van der Waals surface area contributed by atoms with Crippen LogP contribution in [0.4, 0.5) is 10.8 Å². The van der Waals surface area contributed by atoms with Crippen molar-refractivity contribution in [3.05, 3.63) is 35.7 Å². The Morgan fingerprint density at radius 2 is 1.93 bits per heavy atom. The summed E-state index contributed by atoms with van der Waals surface area (Å²) >= 11 is 2.03. The van der Waals surface area contributed by atoms with E-state index in [0.717, 1.165) is 23.1 Å². The number of hydrogen-bond acceptors (Lipinski definition) is 14. The maximum absolute atomic E-state index is 11.9. The van der Waals surface area contributed by atoms with Gasteiger partial charge in [-0.15, -0.1) is 25.5 Å². The maximum Gasteiger partial charge on any atom is 1.00 e. The van der Waals surface area contributed by atoms with E-state index in [1.165, 1.54) is 10.7 Å². The number of aliphatic carboxylic acids is 1. The van der Waals surface area contributed by atoms with E-state index in [-0.39, 0.29) is 88.3 Å². The standard InChI is InChI=1S/C22H23N9O8S3.Na/c1-11(10-23-14(32)6-7-15(33)34)18-24-19-17(25-26-21-27-28-22(41-21)40-8-9-42(37,38)39)16(29-31(19)30-18)12-4-2-3-5-13(12)20(35)36;/h2-5,11,29H,6-10H2,1H3,(H,23,32)(H,33,34)(H,35,36)(H,37,38,39);/q;+1/p-1. The van der Waals surface area contributed by atoms with Crippen LogP contribution in [0.15, 0.2) is 38.8 Å². The summed E-state index contributed by atoms with van der Waals surface area (Å²) in [6.45, 7) is 1.89. The Bertz CT molecular complexity index is 1770. The van der Waals surface area contributed by atoms with Crippen LogP contribution in [-0.2, 0) is 19.7 Å². The molecule has 21 heteroatoms. The number of carbonyl (C=O) groups excluding carboxylic acids is 1. The monoisotopic (exact) mass is 659 g/mol. The molecule has 0 fully saturated rings. The first kappa shape index (κ1) is 34.2. The molecular weight excluding hydrogens is 637 g/mol. The van der Waals surface area contributed by atoms with Crippen molar-refractivity contribution in [2.45, 2.75) is 30.0 Å². The number of benzene rings is 1. The van der Waals surface area contributed by atoms with E-state index in [0.29, 0.717) is 15.7 Å². The molecule has 0 bridgehead atoms. The summed E-state index contributed by atoms with van der Waals surface area (Å²) in [5.41, 5.74) is 0.875. The molecule has 3 heterocycles. The number of thioether (sulfide) groups is 1. The summed E-state index contributed by atoms with van der Waals surface area (Å²) < 4.78 is 34.1. The van der Waals surface area contributed by atoms with Gasteiger partial charge in [-0.05, 0) is 6.07 Å². The van der Waals surface area contributed by atoms with Crippen LogP contribution in [0.25, 0.3) is 16.9 Å². The van der Waals surface area contributed by atoms with E-state index in [1.807, 2.05) is 0 Å².